The molecule has 0 N–H and O–H groups in total. The fourth-order valence-corrected chi connectivity index (χ4v) is 3.52. The van der Waals surface area contributed by atoms with Crippen LogP contribution in [0.15, 0.2) is 53.0 Å². The molecule has 2 nitrogen and oxygen atoms in total. The molecule has 0 aliphatic heterocycles. The molecular formula is C20H15BrN2S. The van der Waals surface area contributed by atoms with E-state index in [4.69, 9.17) is 4.98 Å². The van der Waals surface area contributed by atoms with Crippen LogP contribution >= 0.6 is 27.3 Å². The van der Waals surface area contributed by atoms with Gasteiger partial charge in [0.15, 0.2) is 0 Å². The first-order chi connectivity index (χ1) is 11.6. The first-order valence-electron chi connectivity index (χ1n) is 7.49. The van der Waals surface area contributed by atoms with Crippen LogP contribution in [0.1, 0.15) is 21.0 Å². The minimum atomic E-state index is 0.587. The van der Waals surface area contributed by atoms with Crippen LogP contribution in [0, 0.1) is 25.2 Å². The fourth-order valence-electron chi connectivity index (χ4n) is 2.36. The molecule has 3 aromatic rings. The van der Waals surface area contributed by atoms with Crippen LogP contribution in [0.3, 0.4) is 0 Å². The third-order valence-electron chi connectivity index (χ3n) is 3.65. The maximum absolute atomic E-state index is 9.54. The lowest BCUT2D eigenvalue weighted by Crippen LogP contribution is -1.84. The summed E-state index contributed by atoms with van der Waals surface area (Å²) in [7, 11) is 0. The Morgan fingerprint density at radius 3 is 2.38 bits per heavy atom. The largest absolute Gasteiger partial charge is 0.235 e. The van der Waals surface area contributed by atoms with E-state index in [0.29, 0.717) is 5.57 Å². The Morgan fingerprint density at radius 2 is 1.75 bits per heavy atom. The van der Waals surface area contributed by atoms with E-state index in [1.807, 2.05) is 37.3 Å². The Kier molecular flexibility index (Phi) is 4.94. The predicted octanol–water partition coefficient (Wildman–Crippen LogP) is 6.25. The number of hydrogen-bond acceptors (Lipinski definition) is 3. The van der Waals surface area contributed by atoms with Crippen LogP contribution in [-0.2, 0) is 0 Å². The molecule has 0 spiro atoms. The predicted molar refractivity (Wildman–Crippen MR) is 105 cm³/mol. The van der Waals surface area contributed by atoms with Gasteiger partial charge in [-0.3, -0.25) is 0 Å². The zero-order valence-corrected chi connectivity index (χ0v) is 15.8. The number of rotatable bonds is 3. The average Bonchev–Trinajstić information content (AvgIpc) is 2.96. The molecular weight excluding hydrogens is 380 g/mol. The molecule has 0 atom stereocenters. The summed E-state index contributed by atoms with van der Waals surface area (Å²) in [6, 6.07) is 18.5. The third-order valence-corrected chi connectivity index (χ3v) is 5.19. The van der Waals surface area contributed by atoms with Gasteiger partial charge < -0.3 is 0 Å². The fraction of sp³-hybridized carbons (Fsp3) is 0.100. The molecule has 0 amide bonds. The van der Waals surface area contributed by atoms with E-state index in [-0.39, 0.29) is 0 Å². The van der Waals surface area contributed by atoms with Crippen molar-refractivity contribution in [1.82, 2.24) is 4.98 Å². The SMILES string of the molecule is Cc1ccc(-c2nc(C(C#N)=Cc3ccc(Br)cc3)sc2C)cc1. The number of halogens is 1. The molecule has 1 aromatic heterocycles. The molecule has 0 saturated carbocycles. The molecule has 2 aromatic carbocycles. The first-order valence-corrected chi connectivity index (χ1v) is 9.10. The molecule has 0 fully saturated rings. The highest BCUT2D eigenvalue weighted by molar-refractivity contribution is 9.10. The lowest BCUT2D eigenvalue weighted by atomic mass is 10.1. The third kappa shape index (κ3) is 3.64. The molecule has 0 aliphatic carbocycles. The average molecular weight is 395 g/mol. The van der Waals surface area contributed by atoms with Gasteiger partial charge in [-0.15, -0.1) is 11.3 Å². The van der Waals surface area contributed by atoms with Crippen molar-refractivity contribution >= 4 is 38.9 Å². The number of allylic oxidation sites excluding steroid dienone is 1. The summed E-state index contributed by atoms with van der Waals surface area (Å²) in [5.74, 6) is 0. The molecule has 1 heterocycles. The molecule has 0 radical (unpaired) electrons. The number of thiazole rings is 1. The van der Waals surface area contributed by atoms with Crippen molar-refractivity contribution in [2.75, 3.05) is 0 Å². The maximum Gasteiger partial charge on any atom is 0.134 e. The number of hydrogen-bond donors (Lipinski definition) is 0. The van der Waals surface area contributed by atoms with E-state index in [9.17, 15) is 5.26 Å². The highest BCUT2D eigenvalue weighted by atomic mass is 79.9. The van der Waals surface area contributed by atoms with Gasteiger partial charge in [-0.1, -0.05) is 57.9 Å². The Morgan fingerprint density at radius 1 is 1.08 bits per heavy atom. The number of nitriles is 1. The van der Waals surface area contributed by atoms with Gasteiger partial charge in [-0.25, -0.2) is 4.98 Å². The molecule has 0 bridgehead atoms. The second kappa shape index (κ2) is 7.12. The summed E-state index contributed by atoms with van der Waals surface area (Å²) in [4.78, 5) is 5.83. The Bertz CT molecular complexity index is 929. The van der Waals surface area contributed by atoms with Gasteiger partial charge in [0.2, 0.25) is 0 Å². The second-order valence-corrected chi connectivity index (χ2v) is 7.63. The Hall–Kier alpha value is -2.22. The van der Waals surface area contributed by atoms with Crippen molar-refractivity contribution in [1.29, 1.82) is 5.26 Å². The summed E-state index contributed by atoms with van der Waals surface area (Å²) in [6.45, 7) is 4.11. The van der Waals surface area contributed by atoms with E-state index in [2.05, 4.69) is 53.2 Å². The summed E-state index contributed by atoms with van der Waals surface area (Å²) >= 11 is 4.98. The van der Waals surface area contributed by atoms with Crippen molar-refractivity contribution in [3.8, 4) is 17.3 Å². The molecule has 118 valence electrons. The summed E-state index contributed by atoms with van der Waals surface area (Å²) in [6.07, 6.45) is 1.88. The molecule has 0 saturated heterocycles. The van der Waals surface area contributed by atoms with E-state index in [1.165, 1.54) is 5.56 Å². The van der Waals surface area contributed by atoms with Gasteiger partial charge in [0.25, 0.3) is 0 Å². The molecule has 4 heteroatoms. The topological polar surface area (TPSA) is 36.7 Å². The van der Waals surface area contributed by atoms with Crippen molar-refractivity contribution < 1.29 is 0 Å². The zero-order chi connectivity index (χ0) is 17.1. The minimum absolute atomic E-state index is 0.587. The standard InChI is InChI=1S/C20H15BrN2S/c1-13-3-7-16(8-4-13)19-14(2)24-20(23-19)17(12-22)11-15-5-9-18(21)10-6-15/h3-11H,1-2H3. The number of aryl methyl sites for hydroxylation is 2. The van der Waals surface area contributed by atoms with Gasteiger partial charge >= 0.3 is 0 Å². The number of aromatic nitrogens is 1. The van der Waals surface area contributed by atoms with Crippen molar-refractivity contribution in [2.45, 2.75) is 13.8 Å². The van der Waals surface area contributed by atoms with E-state index in [1.54, 1.807) is 11.3 Å². The zero-order valence-electron chi connectivity index (χ0n) is 13.4. The smallest absolute Gasteiger partial charge is 0.134 e. The Labute approximate surface area is 154 Å². The lowest BCUT2D eigenvalue weighted by molar-refractivity contribution is 1.34. The van der Waals surface area contributed by atoms with Gasteiger partial charge in [-0.05, 0) is 37.6 Å². The second-order valence-electron chi connectivity index (χ2n) is 5.51. The lowest BCUT2D eigenvalue weighted by Gasteiger charge is -1.99. The summed E-state index contributed by atoms with van der Waals surface area (Å²) in [5, 5.41) is 10.3. The van der Waals surface area contributed by atoms with Crippen LogP contribution in [0.25, 0.3) is 22.9 Å². The van der Waals surface area contributed by atoms with Crippen LogP contribution < -0.4 is 0 Å². The van der Waals surface area contributed by atoms with E-state index < -0.39 is 0 Å². The van der Waals surface area contributed by atoms with Gasteiger partial charge in [-0.2, -0.15) is 5.26 Å². The highest BCUT2D eigenvalue weighted by Gasteiger charge is 2.13. The molecule has 24 heavy (non-hydrogen) atoms. The van der Waals surface area contributed by atoms with Gasteiger partial charge in [0.05, 0.1) is 11.3 Å². The quantitative estimate of drug-likeness (QED) is 0.491. The normalized spacial score (nSPS) is 11.3. The van der Waals surface area contributed by atoms with E-state index in [0.717, 1.165) is 31.2 Å². The van der Waals surface area contributed by atoms with Crippen LogP contribution in [0.5, 0.6) is 0 Å². The molecule has 0 unspecified atom stereocenters. The van der Waals surface area contributed by atoms with Crippen molar-refractivity contribution in [2.24, 2.45) is 0 Å². The first kappa shape index (κ1) is 16.6. The van der Waals surface area contributed by atoms with Gasteiger partial charge in [0.1, 0.15) is 11.1 Å². The maximum atomic E-state index is 9.54. The van der Waals surface area contributed by atoms with Crippen LogP contribution in [-0.4, -0.2) is 4.98 Å². The minimum Gasteiger partial charge on any atom is -0.235 e. The monoisotopic (exact) mass is 394 g/mol. The highest BCUT2D eigenvalue weighted by Crippen LogP contribution is 2.31. The summed E-state index contributed by atoms with van der Waals surface area (Å²) in [5.41, 5.74) is 4.83. The van der Waals surface area contributed by atoms with Crippen LogP contribution in [0.2, 0.25) is 0 Å². The van der Waals surface area contributed by atoms with Crippen molar-refractivity contribution in [3.05, 3.63) is 74.0 Å². The number of nitrogens with zero attached hydrogens (tertiary/aromatic N) is 2. The summed E-state index contributed by atoms with van der Waals surface area (Å²) < 4.78 is 1.02. The molecule has 0 aliphatic rings. The van der Waals surface area contributed by atoms with Crippen molar-refractivity contribution in [3.63, 3.8) is 0 Å². The van der Waals surface area contributed by atoms with Crippen LogP contribution in [0.4, 0.5) is 0 Å². The Balaban J connectivity index is 1.99. The molecule has 3 rings (SSSR count). The van der Waals surface area contributed by atoms with Gasteiger partial charge in [0, 0.05) is 14.9 Å². The van der Waals surface area contributed by atoms with E-state index >= 15 is 0 Å². The number of benzene rings is 2.